The van der Waals surface area contributed by atoms with Gasteiger partial charge in [-0.15, -0.1) is 0 Å². The molecule has 0 fully saturated rings. The van der Waals surface area contributed by atoms with Crippen LogP contribution in [-0.2, 0) is 0 Å². The van der Waals surface area contributed by atoms with Gasteiger partial charge in [0.05, 0.1) is 16.7 Å². The van der Waals surface area contributed by atoms with Crippen molar-refractivity contribution in [2.75, 3.05) is 6.61 Å². The topological polar surface area (TPSA) is 26.3 Å². The molecule has 0 bridgehead atoms. The molecule has 0 radical (unpaired) electrons. The van der Waals surface area contributed by atoms with Gasteiger partial charge in [-0.05, 0) is 24.6 Å². The van der Waals surface area contributed by atoms with Crippen LogP contribution in [0.5, 0.6) is 5.75 Å². The summed E-state index contributed by atoms with van der Waals surface area (Å²) in [6.07, 6.45) is 0.799. The van der Waals surface area contributed by atoms with Gasteiger partial charge in [0.1, 0.15) is 12.0 Å². The Morgan fingerprint density at radius 2 is 1.95 bits per heavy atom. The molecule has 2 aromatic carbocycles. The number of hydrogen-bond acceptors (Lipinski definition) is 2. The van der Waals surface area contributed by atoms with Crippen molar-refractivity contribution >= 4 is 29.5 Å². The molecule has 0 N–H and O–H groups in total. The van der Waals surface area contributed by atoms with Crippen LogP contribution in [0.4, 0.5) is 0 Å². The fourth-order valence-corrected chi connectivity index (χ4v) is 2.28. The predicted octanol–water partition coefficient (Wildman–Crippen LogP) is 4.87. The third kappa shape index (κ3) is 3.09. The molecule has 0 heterocycles. The van der Waals surface area contributed by atoms with Gasteiger partial charge in [-0.2, -0.15) is 0 Å². The second-order valence-corrected chi connectivity index (χ2v) is 4.75. The maximum absolute atomic E-state index is 10.8. The largest absolute Gasteiger partial charge is 0.492 e. The van der Waals surface area contributed by atoms with Crippen molar-refractivity contribution < 1.29 is 9.53 Å². The first-order chi connectivity index (χ1) is 9.15. The molecular weight excluding hydrogens is 283 g/mol. The zero-order valence-corrected chi connectivity index (χ0v) is 11.8. The number of benzene rings is 2. The van der Waals surface area contributed by atoms with E-state index in [1.807, 2.05) is 13.0 Å². The molecule has 0 unspecified atom stereocenters. The van der Waals surface area contributed by atoms with Crippen molar-refractivity contribution in [2.24, 2.45) is 0 Å². The summed E-state index contributed by atoms with van der Waals surface area (Å²) in [5.41, 5.74) is 2.22. The number of halogens is 2. The minimum atomic E-state index is 0.498. The van der Waals surface area contributed by atoms with Gasteiger partial charge < -0.3 is 4.74 Å². The Bertz CT molecular complexity index is 609. The van der Waals surface area contributed by atoms with Gasteiger partial charge >= 0.3 is 0 Å². The SMILES string of the molecule is CCOc1cc(Cl)c(-c2cccc(C=O)c2)cc1Cl. The van der Waals surface area contributed by atoms with Crippen LogP contribution in [0.1, 0.15) is 17.3 Å². The highest BCUT2D eigenvalue weighted by molar-refractivity contribution is 6.36. The van der Waals surface area contributed by atoms with Crippen LogP contribution in [0.15, 0.2) is 36.4 Å². The summed E-state index contributed by atoms with van der Waals surface area (Å²) in [5, 5.41) is 1.04. The van der Waals surface area contributed by atoms with E-state index in [4.69, 9.17) is 27.9 Å². The summed E-state index contributed by atoms with van der Waals surface area (Å²) >= 11 is 12.4. The van der Waals surface area contributed by atoms with Crippen LogP contribution in [0.2, 0.25) is 10.0 Å². The third-order valence-electron chi connectivity index (χ3n) is 2.66. The summed E-state index contributed by atoms with van der Waals surface area (Å²) in [6, 6.07) is 10.6. The minimum Gasteiger partial charge on any atom is -0.492 e. The van der Waals surface area contributed by atoms with E-state index in [0.29, 0.717) is 28.0 Å². The number of rotatable bonds is 4. The summed E-state index contributed by atoms with van der Waals surface area (Å²) < 4.78 is 5.38. The quantitative estimate of drug-likeness (QED) is 0.752. The molecule has 2 aromatic rings. The van der Waals surface area contributed by atoms with Gasteiger partial charge in [-0.1, -0.05) is 41.4 Å². The average molecular weight is 295 g/mol. The monoisotopic (exact) mass is 294 g/mol. The van der Waals surface area contributed by atoms with Crippen LogP contribution in [-0.4, -0.2) is 12.9 Å². The summed E-state index contributed by atoms with van der Waals surface area (Å²) in [7, 11) is 0. The van der Waals surface area contributed by atoms with E-state index in [0.717, 1.165) is 17.4 Å². The van der Waals surface area contributed by atoms with Crippen LogP contribution in [0, 0.1) is 0 Å². The molecule has 0 saturated carbocycles. The lowest BCUT2D eigenvalue weighted by Crippen LogP contribution is -1.93. The smallest absolute Gasteiger partial charge is 0.150 e. The van der Waals surface area contributed by atoms with E-state index >= 15 is 0 Å². The van der Waals surface area contributed by atoms with E-state index in [-0.39, 0.29) is 0 Å². The minimum absolute atomic E-state index is 0.498. The molecule has 2 nitrogen and oxygen atoms in total. The van der Waals surface area contributed by atoms with Gasteiger partial charge in [0, 0.05) is 17.2 Å². The number of carbonyl (C=O) groups excluding carboxylic acids is 1. The lowest BCUT2D eigenvalue weighted by molar-refractivity contribution is 0.112. The van der Waals surface area contributed by atoms with Crippen molar-refractivity contribution in [3.05, 3.63) is 52.0 Å². The van der Waals surface area contributed by atoms with Crippen LogP contribution >= 0.6 is 23.2 Å². The van der Waals surface area contributed by atoms with Crippen molar-refractivity contribution in [3.63, 3.8) is 0 Å². The Balaban J connectivity index is 2.50. The van der Waals surface area contributed by atoms with E-state index in [1.165, 1.54) is 0 Å². The van der Waals surface area contributed by atoms with Gasteiger partial charge in [-0.25, -0.2) is 0 Å². The first-order valence-electron chi connectivity index (χ1n) is 5.83. The second-order valence-electron chi connectivity index (χ2n) is 3.94. The molecule has 0 amide bonds. The molecule has 4 heteroatoms. The second kappa shape index (κ2) is 6.09. The summed E-state index contributed by atoms with van der Waals surface area (Å²) in [5.74, 6) is 0.560. The Hall–Kier alpha value is -1.51. The van der Waals surface area contributed by atoms with E-state index in [9.17, 15) is 4.79 Å². The van der Waals surface area contributed by atoms with Gasteiger partial charge in [0.15, 0.2) is 0 Å². The maximum atomic E-state index is 10.8. The number of aldehydes is 1. The van der Waals surface area contributed by atoms with Crippen molar-refractivity contribution in [3.8, 4) is 16.9 Å². The molecule has 0 spiro atoms. The molecule has 0 aliphatic carbocycles. The molecule has 0 aliphatic rings. The van der Waals surface area contributed by atoms with Crippen molar-refractivity contribution in [2.45, 2.75) is 6.92 Å². The highest BCUT2D eigenvalue weighted by Gasteiger charge is 2.10. The van der Waals surface area contributed by atoms with Crippen molar-refractivity contribution in [1.82, 2.24) is 0 Å². The molecule has 0 aromatic heterocycles. The molecule has 0 atom stereocenters. The molecule has 19 heavy (non-hydrogen) atoms. The highest BCUT2D eigenvalue weighted by Crippen LogP contribution is 2.36. The molecule has 0 aliphatic heterocycles. The van der Waals surface area contributed by atoms with Crippen LogP contribution < -0.4 is 4.74 Å². The fraction of sp³-hybridized carbons (Fsp3) is 0.133. The maximum Gasteiger partial charge on any atom is 0.150 e. The molecule has 2 rings (SSSR count). The Morgan fingerprint density at radius 3 is 2.63 bits per heavy atom. The van der Waals surface area contributed by atoms with Gasteiger partial charge in [0.2, 0.25) is 0 Å². The third-order valence-corrected chi connectivity index (χ3v) is 3.26. The molecular formula is C15H12Cl2O2. The van der Waals surface area contributed by atoms with Gasteiger partial charge in [-0.3, -0.25) is 4.79 Å². The average Bonchev–Trinajstić information content (AvgIpc) is 2.43. The standard InChI is InChI=1S/C15H12Cl2O2/c1-2-19-15-8-13(16)12(7-14(15)17)11-5-3-4-10(6-11)9-18/h3-9H,2H2,1H3. The van der Waals surface area contributed by atoms with E-state index < -0.39 is 0 Å². The predicted molar refractivity (Wildman–Crippen MR) is 78.5 cm³/mol. The molecule has 0 saturated heterocycles. The summed E-state index contributed by atoms with van der Waals surface area (Å²) in [6.45, 7) is 2.40. The Morgan fingerprint density at radius 1 is 1.16 bits per heavy atom. The first-order valence-corrected chi connectivity index (χ1v) is 6.58. The molecule has 98 valence electrons. The van der Waals surface area contributed by atoms with Crippen LogP contribution in [0.25, 0.3) is 11.1 Å². The lowest BCUT2D eigenvalue weighted by atomic mass is 10.0. The zero-order chi connectivity index (χ0) is 13.8. The Labute approximate surface area is 121 Å². The summed E-state index contributed by atoms with van der Waals surface area (Å²) in [4.78, 5) is 10.8. The normalized spacial score (nSPS) is 10.3. The Kier molecular flexibility index (Phi) is 4.46. The fourth-order valence-electron chi connectivity index (χ4n) is 1.80. The van der Waals surface area contributed by atoms with Crippen molar-refractivity contribution in [1.29, 1.82) is 0 Å². The zero-order valence-electron chi connectivity index (χ0n) is 10.3. The first kappa shape index (κ1) is 13.9. The van der Waals surface area contributed by atoms with Gasteiger partial charge in [0.25, 0.3) is 0 Å². The number of ether oxygens (including phenoxy) is 1. The van der Waals surface area contributed by atoms with E-state index in [2.05, 4.69) is 0 Å². The highest BCUT2D eigenvalue weighted by atomic mass is 35.5. The number of hydrogen-bond donors (Lipinski definition) is 0. The number of carbonyl (C=O) groups is 1. The van der Waals surface area contributed by atoms with E-state index in [1.54, 1.807) is 30.3 Å². The lowest BCUT2D eigenvalue weighted by Gasteiger charge is -2.10. The van der Waals surface area contributed by atoms with Crippen LogP contribution in [0.3, 0.4) is 0 Å².